The number of aryl methyl sites for hydroxylation is 1. The Hall–Kier alpha value is -18.6. The summed E-state index contributed by atoms with van der Waals surface area (Å²) in [6, 6.07) is 178. The predicted molar refractivity (Wildman–Crippen MR) is 589 cm³/mol. The van der Waals surface area contributed by atoms with Crippen LogP contribution in [0, 0.1) is 0 Å². The number of nitrogens with zero attached hydrogens (tertiary/aromatic N) is 5. The van der Waals surface area contributed by atoms with Crippen molar-refractivity contribution in [1.29, 1.82) is 0 Å². The van der Waals surface area contributed by atoms with Gasteiger partial charge in [-0.25, -0.2) is 0 Å². The summed E-state index contributed by atoms with van der Waals surface area (Å²) in [7, 11) is 0. The summed E-state index contributed by atoms with van der Waals surface area (Å²) in [5.74, 6) is 1.05. The number of hydrogen-bond donors (Lipinski definition) is 0. The Balaban J connectivity index is 0.661. The number of fused-ring (bicyclic) bond motifs is 20. The van der Waals surface area contributed by atoms with Gasteiger partial charge < -0.3 is 22.5 Å². The number of furan rings is 2. The van der Waals surface area contributed by atoms with Crippen LogP contribution < -0.4 is 0 Å². The minimum atomic E-state index is 0.778. The molecule has 0 unspecified atom stereocenters. The predicted octanol–water partition coefficient (Wildman–Crippen LogP) is 36.3. The molecule has 7 nitrogen and oxygen atoms in total. The summed E-state index contributed by atoms with van der Waals surface area (Å²) in [4.78, 5) is 0. The van der Waals surface area contributed by atoms with Crippen molar-refractivity contribution in [2.45, 2.75) is 12.8 Å². The maximum absolute atomic E-state index is 7.75. The van der Waals surface area contributed by atoms with Gasteiger partial charge in [-0.1, -0.05) is 322 Å². The smallest absolute Gasteiger partial charge is 0.143 e. The van der Waals surface area contributed by atoms with Gasteiger partial charge in [-0.3, -0.25) is 9.13 Å². The van der Waals surface area contributed by atoms with E-state index in [9.17, 15) is 0 Å². The first kappa shape index (κ1) is 79.8. The van der Waals surface area contributed by atoms with Crippen molar-refractivity contribution in [3.05, 3.63) is 497 Å². The van der Waals surface area contributed by atoms with E-state index in [-0.39, 0.29) is 0 Å². The number of hydrogen-bond acceptors (Lipinski definition) is 2. The minimum Gasteiger partial charge on any atom is -0.460 e. The lowest BCUT2D eigenvalue weighted by atomic mass is 9.89. The van der Waals surface area contributed by atoms with E-state index in [1.165, 1.54) is 65.7 Å². The van der Waals surface area contributed by atoms with Crippen LogP contribution in [0.4, 0.5) is 0 Å². The standard InChI is InChI=1S/C134H85N5O2/c1-5-29-84(30-6-1)87-35-23-37-89(69-87)91-39-25-40-92(71-91)94-42-27-44-96(73-94)101-78-115(133-119(79-101)118-82-105(63-68-130(118)141-133)138-127-83-106(61-65-114(127)131-113-51-16-21-56-123(113)137(134(131)138)103-45-11-4-12-46-103)135-120-53-18-13-47-107(120)110-64-59-98(80-126(110)135)86-33-9-3-10-34-86)102-75-99(95-43-26-41-93(72-95)90-38-24-36-88(70-90)85-31-7-2-8-32-85)74-100(76-102)97-60-66-124-116(77-97)109-49-15-20-55-122(109)139(124)125-57-28-52-112-108-48-14-19-54-121(108)136(132(112)125)104-62-67-129-117(81-104)111-50-17-22-58-128(111)140-129/h1-21,23-57,59-83H,22,58H2. The van der Waals surface area contributed by atoms with Crippen molar-refractivity contribution in [3.8, 4) is 140 Å². The van der Waals surface area contributed by atoms with Gasteiger partial charge in [-0.15, -0.1) is 0 Å². The first-order valence-electron chi connectivity index (χ1n) is 48.7. The zero-order valence-corrected chi connectivity index (χ0v) is 76.7. The van der Waals surface area contributed by atoms with Crippen LogP contribution in [0.15, 0.2) is 494 Å². The lowest BCUT2D eigenvalue weighted by Gasteiger charge is -2.15. The molecule has 1 aliphatic rings. The van der Waals surface area contributed by atoms with E-state index in [2.05, 4.69) is 514 Å². The molecule has 0 saturated carbocycles. The van der Waals surface area contributed by atoms with Crippen molar-refractivity contribution in [2.75, 3.05) is 0 Å². The number of para-hydroxylation sites is 6. The van der Waals surface area contributed by atoms with Crippen LogP contribution in [0.3, 0.4) is 0 Å². The molecule has 1 aliphatic carbocycles. The Morgan fingerprint density at radius 2 is 0.567 bits per heavy atom. The molecule has 0 atom stereocenters. The number of benzene rings is 21. The van der Waals surface area contributed by atoms with Crippen molar-refractivity contribution in [3.63, 3.8) is 0 Å². The number of rotatable bonds is 15. The average molecular weight is 1800 g/mol. The third kappa shape index (κ3) is 13.0. The summed E-state index contributed by atoms with van der Waals surface area (Å²) < 4.78 is 26.8. The maximum Gasteiger partial charge on any atom is 0.143 e. The van der Waals surface area contributed by atoms with E-state index < -0.39 is 0 Å². The number of allylic oxidation sites excluding steroid dienone is 1. The topological polar surface area (TPSA) is 50.9 Å². The highest BCUT2D eigenvalue weighted by molar-refractivity contribution is 6.24. The SMILES string of the molecule is C1=Cc2c(oc3ccc(-n4c5ccccc5c5cccc(-n6c7ccccc7c7cc(-c8cc(-c9cccc(-c%10cccc(-c%11ccccc%11)c%10)c9)cc(-c9cc(-c%10cccc(-c%11cccc(-c%12cccc(-c%13ccccc%13)c%12)c%11)c%10)cc%10c9oc9ccc(-n%11c%12cc(-n%13c%14ccccc%14c%14ccc(-c%15ccccc%15)cc%14%13)ccc%12c%12c%13ccccc%13n(-c%13ccccc%13)c%12%11)cc9%10)c8)ccc76)c54)cc23)CC1. The first-order chi connectivity index (χ1) is 69.9. The molecule has 658 valence electrons. The average Bonchev–Trinajstić information content (AvgIpc) is 1.53. The normalized spacial score (nSPS) is 12.3. The van der Waals surface area contributed by atoms with E-state index in [4.69, 9.17) is 8.83 Å². The monoisotopic (exact) mass is 1800 g/mol. The fraction of sp³-hybridized carbons (Fsp3) is 0.0149. The summed E-state index contributed by atoms with van der Waals surface area (Å²) >= 11 is 0. The lowest BCUT2D eigenvalue weighted by Crippen LogP contribution is -2.02. The Morgan fingerprint density at radius 3 is 1.17 bits per heavy atom. The molecule has 0 aliphatic heterocycles. The first-order valence-corrected chi connectivity index (χ1v) is 48.7. The Kier molecular flexibility index (Phi) is 18.1. The van der Waals surface area contributed by atoms with E-state index in [1.54, 1.807) is 0 Å². The van der Waals surface area contributed by atoms with Crippen molar-refractivity contribution >= 4 is 137 Å². The largest absolute Gasteiger partial charge is 0.460 e. The second kappa shape index (κ2) is 32.1. The van der Waals surface area contributed by atoms with Crippen LogP contribution in [0.25, 0.3) is 277 Å². The highest BCUT2D eigenvalue weighted by atomic mass is 16.3. The van der Waals surface area contributed by atoms with Crippen LogP contribution in [-0.2, 0) is 6.42 Å². The van der Waals surface area contributed by atoms with Gasteiger partial charge in [0.1, 0.15) is 28.2 Å². The second-order valence-corrected chi connectivity index (χ2v) is 37.7. The molecule has 29 rings (SSSR count). The third-order valence-electron chi connectivity index (χ3n) is 29.6. The molecule has 141 heavy (non-hydrogen) atoms. The second-order valence-electron chi connectivity index (χ2n) is 37.7. The molecular weight excluding hydrogens is 1710 g/mol. The van der Waals surface area contributed by atoms with Gasteiger partial charge in [0.15, 0.2) is 0 Å². The molecule has 0 N–H and O–H groups in total. The Morgan fingerprint density at radius 1 is 0.191 bits per heavy atom. The van der Waals surface area contributed by atoms with Gasteiger partial charge in [-0.2, -0.15) is 0 Å². The van der Waals surface area contributed by atoms with Crippen LogP contribution >= 0.6 is 0 Å². The molecule has 21 aromatic carbocycles. The fourth-order valence-corrected chi connectivity index (χ4v) is 23.1. The van der Waals surface area contributed by atoms with Crippen LogP contribution in [0.5, 0.6) is 0 Å². The van der Waals surface area contributed by atoms with Gasteiger partial charge >= 0.3 is 0 Å². The van der Waals surface area contributed by atoms with E-state index in [1.807, 2.05) is 0 Å². The van der Waals surface area contributed by atoms with Crippen LogP contribution in [0.2, 0.25) is 0 Å². The maximum atomic E-state index is 7.75. The van der Waals surface area contributed by atoms with E-state index in [0.29, 0.717) is 0 Å². The highest BCUT2D eigenvalue weighted by Gasteiger charge is 2.29. The summed E-state index contributed by atoms with van der Waals surface area (Å²) in [6.45, 7) is 0. The molecule has 28 aromatic rings. The molecular formula is C134H85N5O2. The van der Waals surface area contributed by atoms with Gasteiger partial charge in [0, 0.05) is 105 Å². The molecule has 0 radical (unpaired) electrons. The van der Waals surface area contributed by atoms with E-state index >= 15 is 0 Å². The lowest BCUT2D eigenvalue weighted by molar-refractivity contribution is 0.546. The van der Waals surface area contributed by atoms with Crippen LogP contribution in [0.1, 0.15) is 17.7 Å². The Bertz CT molecular complexity index is 10100. The van der Waals surface area contributed by atoms with Gasteiger partial charge in [0.25, 0.3) is 0 Å². The van der Waals surface area contributed by atoms with Crippen molar-refractivity contribution < 1.29 is 8.83 Å². The Labute approximate surface area is 812 Å². The van der Waals surface area contributed by atoms with Crippen molar-refractivity contribution in [2.24, 2.45) is 0 Å². The van der Waals surface area contributed by atoms with Gasteiger partial charge in [0.05, 0.1) is 49.8 Å². The van der Waals surface area contributed by atoms with Gasteiger partial charge in [-0.05, 0) is 282 Å². The van der Waals surface area contributed by atoms with E-state index in [0.717, 1.165) is 229 Å². The molecule has 0 fully saturated rings. The minimum absolute atomic E-state index is 0.778. The van der Waals surface area contributed by atoms with Gasteiger partial charge in [0.2, 0.25) is 0 Å². The molecule has 0 bridgehead atoms. The fourth-order valence-electron chi connectivity index (χ4n) is 23.1. The summed E-state index contributed by atoms with van der Waals surface area (Å²) in [5.41, 5.74) is 41.3. The molecule has 7 heteroatoms. The third-order valence-corrected chi connectivity index (χ3v) is 29.6. The van der Waals surface area contributed by atoms with Crippen LogP contribution in [-0.4, -0.2) is 22.8 Å². The summed E-state index contributed by atoms with van der Waals surface area (Å²) in [6.07, 6.45) is 6.40. The molecule has 0 saturated heterocycles. The summed E-state index contributed by atoms with van der Waals surface area (Å²) in [5, 5.41) is 13.7. The molecule has 7 aromatic heterocycles. The zero-order chi connectivity index (χ0) is 92.4. The zero-order valence-electron chi connectivity index (χ0n) is 76.7. The molecule has 0 amide bonds. The number of aromatic nitrogens is 5. The molecule has 0 spiro atoms. The highest BCUT2D eigenvalue weighted by Crippen LogP contribution is 2.51. The molecule has 7 heterocycles. The quantitative estimate of drug-likeness (QED) is 0.103. The van der Waals surface area contributed by atoms with Crippen molar-refractivity contribution in [1.82, 2.24) is 22.8 Å².